The molecule has 2 fully saturated rings. The van der Waals surface area contributed by atoms with Crippen LogP contribution in [0.2, 0.25) is 0 Å². The number of phenols is 1. The maximum absolute atomic E-state index is 14.0. The molecule has 2 saturated heterocycles. The molecule has 4 heterocycles. The van der Waals surface area contributed by atoms with Gasteiger partial charge in [-0.1, -0.05) is 6.92 Å². The average molecular weight is 488 g/mol. The van der Waals surface area contributed by atoms with E-state index in [-0.39, 0.29) is 34.9 Å². The summed E-state index contributed by atoms with van der Waals surface area (Å²) in [7, 11) is 0. The van der Waals surface area contributed by atoms with Crippen molar-refractivity contribution in [1.82, 2.24) is 25.3 Å². The predicted molar refractivity (Wildman–Crippen MR) is 129 cm³/mol. The Morgan fingerprint density at radius 1 is 1.17 bits per heavy atom. The molecule has 0 aliphatic carbocycles. The van der Waals surface area contributed by atoms with Gasteiger partial charge in [0, 0.05) is 63.0 Å². The monoisotopic (exact) mass is 487 g/mol. The number of carbonyl (C=O) groups excluding carboxylic acids is 1. The van der Waals surface area contributed by atoms with Crippen molar-refractivity contribution in [2.75, 3.05) is 49.5 Å². The minimum absolute atomic E-state index is 0.0541. The molecule has 0 saturated carbocycles. The highest BCUT2D eigenvalue weighted by Crippen LogP contribution is 2.41. The molecule has 3 atom stereocenters. The second-order valence-corrected chi connectivity index (χ2v) is 9.80. The fourth-order valence-electron chi connectivity index (χ4n) is 5.62. The second-order valence-electron chi connectivity index (χ2n) is 9.80. The van der Waals surface area contributed by atoms with Crippen LogP contribution in [-0.4, -0.2) is 88.0 Å². The fourth-order valence-corrected chi connectivity index (χ4v) is 5.62. The Labute approximate surface area is 203 Å². The first kappa shape index (κ1) is 23.5. The number of aromatic hydroxyl groups is 1. The highest BCUT2D eigenvalue weighted by molar-refractivity contribution is 5.79. The fraction of sp³-hybridized carbons (Fsp3) is 0.542. The van der Waals surface area contributed by atoms with Crippen molar-refractivity contribution in [3.8, 4) is 17.0 Å². The number of urea groups is 1. The van der Waals surface area contributed by atoms with Crippen LogP contribution in [0.5, 0.6) is 5.75 Å². The lowest BCUT2D eigenvalue weighted by molar-refractivity contribution is 0.0837. The van der Waals surface area contributed by atoms with Gasteiger partial charge in [-0.15, -0.1) is 10.2 Å². The Morgan fingerprint density at radius 3 is 2.63 bits per heavy atom. The first-order chi connectivity index (χ1) is 16.7. The van der Waals surface area contributed by atoms with E-state index in [1.54, 1.807) is 6.07 Å². The van der Waals surface area contributed by atoms with Crippen molar-refractivity contribution >= 4 is 17.5 Å². The zero-order valence-electron chi connectivity index (χ0n) is 20.2. The first-order valence-corrected chi connectivity index (χ1v) is 12.1. The molecule has 3 N–H and O–H groups in total. The minimum atomic E-state index is -1.05. The van der Waals surface area contributed by atoms with E-state index in [1.165, 1.54) is 0 Å². The maximum Gasteiger partial charge on any atom is 0.320 e. The van der Waals surface area contributed by atoms with Gasteiger partial charge in [-0.3, -0.25) is 0 Å². The molecule has 2 aromatic rings. The molecule has 2 amide bonds. The number of hydrogen-bond acceptors (Lipinski definition) is 7. The third-order valence-electron chi connectivity index (χ3n) is 7.58. The van der Waals surface area contributed by atoms with E-state index < -0.39 is 17.4 Å². The summed E-state index contributed by atoms with van der Waals surface area (Å²) < 4.78 is 27.8. The molecule has 188 valence electrons. The summed E-state index contributed by atoms with van der Waals surface area (Å²) in [5.74, 6) is -1.96. The van der Waals surface area contributed by atoms with E-state index in [1.807, 2.05) is 9.80 Å². The molecule has 9 nitrogen and oxygen atoms in total. The number of aromatic nitrogens is 2. The van der Waals surface area contributed by atoms with Crippen LogP contribution in [0.25, 0.3) is 11.3 Å². The molecule has 0 spiro atoms. The standard InChI is InChI=1S/C24H31F2N7O2/c1-4-24-12-28-22-20(9-19(29-30-22)17-7-16(25)8-18(26)21(17)34)32(24)6-5-31(13-24)23(35)33-14(2)10-27-11-15(33)3/h7-9,14-15,27,34H,4-6,10-13H2,1-3H3,(H,28,30)/t14-,15+,24?. The highest BCUT2D eigenvalue weighted by atomic mass is 19.1. The van der Waals surface area contributed by atoms with E-state index in [0.29, 0.717) is 38.1 Å². The van der Waals surface area contributed by atoms with Crippen molar-refractivity contribution in [1.29, 1.82) is 0 Å². The van der Waals surface area contributed by atoms with Gasteiger partial charge in [-0.2, -0.15) is 0 Å². The minimum Gasteiger partial charge on any atom is -0.504 e. The summed E-state index contributed by atoms with van der Waals surface area (Å²) in [6.07, 6.45) is 0.771. The summed E-state index contributed by atoms with van der Waals surface area (Å²) in [5.41, 5.74) is 0.483. The van der Waals surface area contributed by atoms with E-state index in [9.17, 15) is 18.7 Å². The van der Waals surface area contributed by atoms with Gasteiger partial charge in [0.25, 0.3) is 0 Å². The number of fused-ring (bicyclic) bond motifs is 3. The summed E-state index contributed by atoms with van der Waals surface area (Å²) in [6.45, 7) is 10.0. The van der Waals surface area contributed by atoms with Crippen molar-refractivity contribution < 1.29 is 18.7 Å². The number of benzene rings is 1. The molecule has 35 heavy (non-hydrogen) atoms. The third kappa shape index (κ3) is 3.91. The van der Waals surface area contributed by atoms with Gasteiger partial charge < -0.3 is 30.4 Å². The normalized spacial score (nSPS) is 26.1. The summed E-state index contributed by atoms with van der Waals surface area (Å²) in [6, 6.07) is 3.66. The summed E-state index contributed by atoms with van der Waals surface area (Å²) in [4.78, 5) is 19.7. The van der Waals surface area contributed by atoms with Crippen LogP contribution in [0.15, 0.2) is 18.2 Å². The van der Waals surface area contributed by atoms with Crippen LogP contribution in [0.1, 0.15) is 27.2 Å². The number of phenolic OH excluding ortho intramolecular Hbond substituents is 1. The Hall–Kier alpha value is -3.21. The van der Waals surface area contributed by atoms with Crippen molar-refractivity contribution in [2.24, 2.45) is 0 Å². The smallest absolute Gasteiger partial charge is 0.320 e. The number of hydrogen-bond donors (Lipinski definition) is 3. The van der Waals surface area contributed by atoms with Crippen LogP contribution < -0.4 is 15.5 Å². The predicted octanol–water partition coefficient (Wildman–Crippen LogP) is 2.63. The van der Waals surface area contributed by atoms with Gasteiger partial charge in [-0.05, 0) is 32.4 Å². The van der Waals surface area contributed by atoms with Gasteiger partial charge >= 0.3 is 6.03 Å². The number of rotatable bonds is 2. The number of amides is 2. The van der Waals surface area contributed by atoms with Crippen LogP contribution in [-0.2, 0) is 0 Å². The molecule has 5 rings (SSSR count). The van der Waals surface area contributed by atoms with Crippen molar-refractivity contribution in [3.05, 3.63) is 29.8 Å². The highest BCUT2D eigenvalue weighted by Gasteiger charge is 2.47. The van der Waals surface area contributed by atoms with Gasteiger partial charge in [0.05, 0.1) is 16.9 Å². The zero-order valence-corrected chi connectivity index (χ0v) is 20.2. The van der Waals surface area contributed by atoms with E-state index in [0.717, 1.165) is 31.3 Å². The van der Waals surface area contributed by atoms with Crippen molar-refractivity contribution in [3.63, 3.8) is 0 Å². The van der Waals surface area contributed by atoms with E-state index in [2.05, 4.69) is 46.5 Å². The van der Waals surface area contributed by atoms with E-state index in [4.69, 9.17) is 0 Å². The van der Waals surface area contributed by atoms with Gasteiger partial charge in [-0.25, -0.2) is 13.6 Å². The van der Waals surface area contributed by atoms with Crippen molar-refractivity contribution in [2.45, 2.75) is 44.8 Å². The number of carbonyl (C=O) groups is 1. The largest absolute Gasteiger partial charge is 0.504 e. The van der Waals surface area contributed by atoms with Gasteiger partial charge in [0.1, 0.15) is 5.82 Å². The Kier molecular flexibility index (Phi) is 5.90. The quantitative estimate of drug-likeness (QED) is 0.599. The lowest BCUT2D eigenvalue weighted by Gasteiger charge is -2.55. The molecule has 1 aromatic carbocycles. The summed E-state index contributed by atoms with van der Waals surface area (Å²) in [5, 5.41) is 25.2. The lowest BCUT2D eigenvalue weighted by Crippen LogP contribution is -2.70. The molecular weight excluding hydrogens is 456 g/mol. The molecule has 3 aliphatic heterocycles. The molecule has 11 heteroatoms. The third-order valence-corrected chi connectivity index (χ3v) is 7.58. The number of nitrogens with zero attached hydrogens (tertiary/aromatic N) is 5. The molecule has 0 radical (unpaired) electrons. The molecule has 3 aliphatic rings. The average Bonchev–Trinajstić information content (AvgIpc) is 2.85. The Morgan fingerprint density at radius 2 is 1.91 bits per heavy atom. The van der Waals surface area contributed by atoms with Gasteiger partial charge in [0.2, 0.25) is 0 Å². The summed E-state index contributed by atoms with van der Waals surface area (Å²) >= 11 is 0. The zero-order chi connectivity index (χ0) is 24.9. The molecular formula is C24H31F2N7O2. The second kappa shape index (κ2) is 8.78. The molecule has 1 aromatic heterocycles. The van der Waals surface area contributed by atoms with Gasteiger partial charge in [0.15, 0.2) is 17.4 Å². The maximum atomic E-state index is 14.0. The number of nitrogens with one attached hydrogen (secondary N) is 2. The lowest BCUT2D eigenvalue weighted by atomic mass is 9.87. The topological polar surface area (TPSA) is 96.9 Å². The first-order valence-electron chi connectivity index (χ1n) is 12.1. The molecule has 1 unspecified atom stereocenters. The Bertz CT molecular complexity index is 1140. The SMILES string of the molecule is CCC12CNc3nnc(-c4cc(F)cc(F)c4O)cc3N1CCN(C(=O)N1[C@H](C)CNC[C@@H]1C)C2. The van der Waals surface area contributed by atoms with E-state index >= 15 is 0 Å². The number of piperazine rings is 2. The Balaban J connectivity index is 1.46. The van der Waals surface area contributed by atoms with Crippen LogP contribution in [0.4, 0.5) is 25.1 Å². The number of anilines is 2. The molecule has 0 bridgehead atoms. The van der Waals surface area contributed by atoms with Crippen LogP contribution in [0.3, 0.4) is 0 Å². The van der Waals surface area contributed by atoms with Crippen LogP contribution in [0, 0.1) is 11.6 Å². The van der Waals surface area contributed by atoms with Crippen LogP contribution >= 0.6 is 0 Å². The number of halogens is 2.